The van der Waals surface area contributed by atoms with Crippen LogP contribution in [0.2, 0.25) is 0 Å². The zero-order valence-corrected chi connectivity index (χ0v) is 12.4. The number of carboxylic acid groups (broad SMARTS) is 1. The molecule has 1 aliphatic rings. The molecule has 1 fully saturated rings. The maximum Gasteiger partial charge on any atom is 0.317 e. The number of carboxylic acids is 1. The van der Waals surface area contributed by atoms with Gasteiger partial charge < -0.3 is 10.0 Å². The smallest absolute Gasteiger partial charge is 0.317 e. The molecule has 21 heavy (non-hydrogen) atoms. The molecule has 2 rings (SSSR count). The Morgan fingerprint density at radius 3 is 2.43 bits per heavy atom. The molecule has 1 aromatic carbocycles. The van der Waals surface area contributed by atoms with Gasteiger partial charge >= 0.3 is 5.97 Å². The Balaban J connectivity index is 1.97. The number of aliphatic carboxylic acids is 1. The van der Waals surface area contributed by atoms with Crippen LogP contribution in [0.1, 0.15) is 29.3 Å². The fourth-order valence-electron chi connectivity index (χ4n) is 2.59. The summed E-state index contributed by atoms with van der Waals surface area (Å²) < 4.78 is 0. The second-order valence-electron chi connectivity index (χ2n) is 5.37. The van der Waals surface area contributed by atoms with E-state index in [9.17, 15) is 9.59 Å². The molecule has 0 spiro atoms. The molecule has 1 aliphatic heterocycles. The van der Waals surface area contributed by atoms with Crippen molar-refractivity contribution in [2.75, 3.05) is 32.7 Å². The summed E-state index contributed by atoms with van der Waals surface area (Å²) in [6, 6.07) is 7.73. The first-order valence-electron chi connectivity index (χ1n) is 7.42. The van der Waals surface area contributed by atoms with Crippen LogP contribution in [0, 0.1) is 0 Å². The van der Waals surface area contributed by atoms with Crippen molar-refractivity contribution in [1.82, 2.24) is 9.80 Å². The molecule has 0 atom stereocenters. The molecular weight excluding hydrogens is 268 g/mol. The van der Waals surface area contributed by atoms with E-state index in [4.69, 9.17) is 5.11 Å². The molecule has 1 amide bonds. The summed E-state index contributed by atoms with van der Waals surface area (Å²) >= 11 is 0. The monoisotopic (exact) mass is 290 g/mol. The molecule has 5 nitrogen and oxygen atoms in total. The van der Waals surface area contributed by atoms with Crippen LogP contribution in [0.5, 0.6) is 0 Å². The Morgan fingerprint density at radius 2 is 1.81 bits per heavy atom. The molecule has 0 bridgehead atoms. The lowest BCUT2D eigenvalue weighted by atomic mass is 10.1. The van der Waals surface area contributed by atoms with Crippen molar-refractivity contribution in [3.05, 3.63) is 35.4 Å². The first kappa shape index (κ1) is 15.5. The van der Waals surface area contributed by atoms with Crippen molar-refractivity contribution in [3.63, 3.8) is 0 Å². The highest BCUT2D eigenvalue weighted by Gasteiger charge is 2.21. The average Bonchev–Trinajstić information content (AvgIpc) is 2.71. The number of carbonyl (C=O) groups excluding carboxylic acids is 1. The van der Waals surface area contributed by atoms with E-state index in [0.717, 1.165) is 19.4 Å². The molecule has 0 saturated carbocycles. The molecule has 1 aromatic rings. The minimum absolute atomic E-state index is 0.0369. The molecule has 1 heterocycles. The Kier molecular flexibility index (Phi) is 5.33. The highest BCUT2D eigenvalue weighted by atomic mass is 16.4. The Hall–Kier alpha value is -1.88. The van der Waals surface area contributed by atoms with Crippen LogP contribution in [0.4, 0.5) is 0 Å². The summed E-state index contributed by atoms with van der Waals surface area (Å²) in [5, 5.41) is 8.84. The van der Waals surface area contributed by atoms with E-state index in [-0.39, 0.29) is 12.5 Å². The maximum absolute atomic E-state index is 12.5. The predicted octanol–water partition coefficient (Wildman–Crippen LogP) is 1.48. The average molecular weight is 290 g/mol. The zero-order valence-electron chi connectivity index (χ0n) is 12.4. The second-order valence-corrected chi connectivity index (χ2v) is 5.37. The van der Waals surface area contributed by atoms with Gasteiger partial charge in [0.15, 0.2) is 0 Å². The van der Waals surface area contributed by atoms with Gasteiger partial charge in [-0.15, -0.1) is 0 Å². The SMILES string of the molecule is CCc1ccc(C(=O)N2CCCN(CC(=O)O)CC2)cc1. The van der Waals surface area contributed by atoms with Gasteiger partial charge in [-0.05, 0) is 30.5 Å². The van der Waals surface area contributed by atoms with E-state index in [0.29, 0.717) is 25.2 Å². The van der Waals surface area contributed by atoms with Crippen molar-refractivity contribution < 1.29 is 14.7 Å². The van der Waals surface area contributed by atoms with Crippen LogP contribution in [0.15, 0.2) is 24.3 Å². The lowest BCUT2D eigenvalue weighted by Crippen LogP contribution is -2.36. The first-order valence-corrected chi connectivity index (χ1v) is 7.42. The highest BCUT2D eigenvalue weighted by Crippen LogP contribution is 2.11. The first-order chi connectivity index (χ1) is 10.1. The van der Waals surface area contributed by atoms with E-state index < -0.39 is 5.97 Å². The summed E-state index contributed by atoms with van der Waals surface area (Å²) in [5.41, 5.74) is 1.92. The topological polar surface area (TPSA) is 60.9 Å². The van der Waals surface area contributed by atoms with Crippen LogP contribution in [-0.2, 0) is 11.2 Å². The van der Waals surface area contributed by atoms with Crippen molar-refractivity contribution in [2.45, 2.75) is 19.8 Å². The van der Waals surface area contributed by atoms with E-state index >= 15 is 0 Å². The molecular formula is C16H22N2O3. The zero-order chi connectivity index (χ0) is 15.2. The van der Waals surface area contributed by atoms with Crippen LogP contribution in [0.25, 0.3) is 0 Å². The molecule has 0 aliphatic carbocycles. The standard InChI is InChI=1S/C16H22N2O3/c1-2-13-4-6-14(7-5-13)16(21)18-9-3-8-17(10-11-18)12-15(19)20/h4-7H,2-3,8-12H2,1H3,(H,19,20). The van der Waals surface area contributed by atoms with Crippen molar-refractivity contribution in [3.8, 4) is 0 Å². The Bertz CT molecular complexity index is 499. The number of hydrogen-bond acceptors (Lipinski definition) is 3. The maximum atomic E-state index is 12.5. The van der Waals surface area contributed by atoms with Crippen LogP contribution in [0.3, 0.4) is 0 Å². The molecule has 0 aromatic heterocycles. The van der Waals surface area contributed by atoms with E-state index in [1.807, 2.05) is 34.1 Å². The third kappa shape index (κ3) is 4.29. The van der Waals surface area contributed by atoms with Crippen LogP contribution >= 0.6 is 0 Å². The number of carbonyl (C=O) groups is 2. The highest BCUT2D eigenvalue weighted by molar-refractivity contribution is 5.94. The van der Waals surface area contributed by atoms with Gasteiger partial charge in [0.25, 0.3) is 5.91 Å². The lowest BCUT2D eigenvalue weighted by Gasteiger charge is -2.21. The van der Waals surface area contributed by atoms with Gasteiger partial charge in [0.1, 0.15) is 0 Å². The minimum atomic E-state index is -0.815. The number of hydrogen-bond donors (Lipinski definition) is 1. The molecule has 0 unspecified atom stereocenters. The van der Waals surface area contributed by atoms with E-state index in [1.54, 1.807) is 0 Å². The number of benzene rings is 1. The molecule has 114 valence electrons. The van der Waals surface area contributed by atoms with Crippen molar-refractivity contribution in [2.24, 2.45) is 0 Å². The molecule has 1 saturated heterocycles. The number of nitrogens with zero attached hydrogens (tertiary/aromatic N) is 2. The minimum Gasteiger partial charge on any atom is -0.480 e. The lowest BCUT2D eigenvalue weighted by molar-refractivity contribution is -0.138. The molecule has 1 N–H and O–H groups in total. The third-order valence-corrected chi connectivity index (χ3v) is 3.84. The van der Waals surface area contributed by atoms with Crippen LogP contribution < -0.4 is 0 Å². The van der Waals surface area contributed by atoms with Gasteiger partial charge in [-0.1, -0.05) is 19.1 Å². The van der Waals surface area contributed by atoms with Gasteiger partial charge in [0.05, 0.1) is 6.54 Å². The number of amides is 1. The summed E-state index contributed by atoms with van der Waals surface area (Å²) in [4.78, 5) is 26.9. The third-order valence-electron chi connectivity index (χ3n) is 3.84. The fourth-order valence-corrected chi connectivity index (χ4v) is 2.59. The summed E-state index contributed by atoms with van der Waals surface area (Å²) in [7, 11) is 0. The molecule has 0 radical (unpaired) electrons. The van der Waals surface area contributed by atoms with Gasteiger partial charge in [0, 0.05) is 31.7 Å². The number of rotatable bonds is 4. The van der Waals surface area contributed by atoms with Crippen molar-refractivity contribution >= 4 is 11.9 Å². The largest absolute Gasteiger partial charge is 0.480 e. The van der Waals surface area contributed by atoms with Gasteiger partial charge in [-0.3, -0.25) is 14.5 Å². The Morgan fingerprint density at radius 1 is 1.10 bits per heavy atom. The van der Waals surface area contributed by atoms with Crippen LogP contribution in [-0.4, -0.2) is 59.5 Å². The Labute approximate surface area is 125 Å². The normalized spacial score (nSPS) is 16.5. The number of aryl methyl sites for hydroxylation is 1. The van der Waals surface area contributed by atoms with Gasteiger partial charge in [-0.25, -0.2) is 0 Å². The van der Waals surface area contributed by atoms with Crippen molar-refractivity contribution in [1.29, 1.82) is 0 Å². The second kappa shape index (κ2) is 7.22. The fraction of sp³-hybridized carbons (Fsp3) is 0.500. The van der Waals surface area contributed by atoms with E-state index in [2.05, 4.69) is 6.92 Å². The quantitative estimate of drug-likeness (QED) is 0.912. The van der Waals surface area contributed by atoms with E-state index in [1.165, 1.54) is 5.56 Å². The molecule has 5 heteroatoms. The van der Waals surface area contributed by atoms with Gasteiger partial charge in [-0.2, -0.15) is 0 Å². The predicted molar refractivity (Wildman–Crippen MR) is 80.4 cm³/mol. The summed E-state index contributed by atoms with van der Waals surface area (Å²) in [6.45, 7) is 4.75. The summed E-state index contributed by atoms with van der Waals surface area (Å²) in [5.74, 6) is -0.778. The van der Waals surface area contributed by atoms with Gasteiger partial charge in [0.2, 0.25) is 0 Å². The summed E-state index contributed by atoms with van der Waals surface area (Å²) in [6.07, 6.45) is 1.77.